The second-order valence-electron chi connectivity index (χ2n) is 7.99. The minimum absolute atomic E-state index is 0.176. The summed E-state index contributed by atoms with van der Waals surface area (Å²) in [6.45, 7) is 0.922. The summed E-state index contributed by atoms with van der Waals surface area (Å²) in [6.07, 6.45) is -4.52. The number of aliphatic imine (C=N–C) groups is 1. The molecule has 0 aromatic heterocycles. The van der Waals surface area contributed by atoms with E-state index in [1.165, 1.54) is 17.0 Å². The molecule has 0 fully saturated rings. The lowest BCUT2D eigenvalue weighted by molar-refractivity contribution is -0.137. The van der Waals surface area contributed by atoms with Crippen molar-refractivity contribution in [3.63, 3.8) is 0 Å². The molecule has 0 aliphatic carbocycles. The van der Waals surface area contributed by atoms with Gasteiger partial charge in [-0.1, -0.05) is 64.5 Å². The van der Waals surface area contributed by atoms with Gasteiger partial charge in [-0.2, -0.15) is 13.2 Å². The van der Waals surface area contributed by atoms with E-state index < -0.39 is 17.8 Å². The van der Waals surface area contributed by atoms with Gasteiger partial charge in [-0.3, -0.25) is 14.7 Å². The van der Waals surface area contributed by atoms with Crippen LogP contribution >= 0.6 is 15.9 Å². The van der Waals surface area contributed by atoms with Crippen LogP contribution in [0.15, 0.2) is 99.6 Å². The molecule has 172 valence electrons. The molecule has 3 aromatic rings. The predicted molar refractivity (Wildman–Crippen MR) is 129 cm³/mol. The van der Waals surface area contributed by atoms with Gasteiger partial charge < -0.3 is 5.32 Å². The van der Waals surface area contributed by atoms with Crippen LogP contribution in [0.5, 0.6) is 0 Å². The van der Waals surface area contributed by atoms with Crippen molar-refractivity contribution in [3.05, 3.63) is 111 Å². The second kappa shape index (κ2) is 8.76. The summed E-state index contributed by atoms with van der Waals surface area (Å²) in [5, 5.41) is 3.19. The highest BCUT2D eigenvalue weighted by Crippen LogP contribution is 2.44. The van der Waals surface area contributed by atoms with E-state index >= 15 is 0 Å². The molecule has 1 N–H and O–H groups in total. The Morgan fingerprint density at radius 1 is 0.971 bits per heavy atom. The molecule has 34 heavy (non-hydrogen) atoms. The van der Waals surface area contributed by atoms with Gasteiger partial charge in [-0.05, 0) is 35.9 Å². The topological polar surface area (TPSA) is 44.7 Å². The summed E-state index contributed by atoms with van der Waals surface area (Å²) in [7, 11) is 0. The number of halogens is 4. The molecule has 2 aliphatic rings. The van der Waals surface area contributed by atoms with Gasteiger partial charge in [0.15, 0.2) is 0 Å². The average Bonchev–Trinajstić information content (AvgIpc) is 2.97. The van der Waals surface area contributed by atoms with E-state index in [1.807, 2.05) is 54.6 Å². The molecule has 0 unspecified atom stereocenters. The second-order valence-corrected chi connectivity index (χ2v) is 8.90. The third-order valence-corrected chi connectivity index (χ3v) is 6.39. The first-order valence-corrected chi connectivity index (χ1v) is 11.5. The molecule has 1 amide bonds. The van der Waals surface area contributed by atoms with Crippen molar-refractivity contribution in [2.75, 3.05) is 18.0 Å². The zero-order valence-electron chi connectivity index (χ0n) is 17.8. The van der Waals surface area contributed by atoms with Gasteiger partial charge in [0, 0.05) is 27.8 Å². The maximum atomic E-state index is 13.7. The van der Waals surface area contributed by atoms with Crippen LogP contribution in [0.3, 0.4) is 0 Å². The number of anilines is 1. The molecule has 0 spiro atoms. The number of nitrogens with one attached hydrogen (secondary N) is 1. The number of hydrogen-bond acceptors (Lipinski definition) is 3. The van der Waals surface area contributed by atoms with Crippen LogP contribution in [-0.4, -0.2) is 24.7 Å². The Hall–Kier alpha value is -3.39. The van der Waals surface area contributed by atoms with E-state index in [2.05, 4.69) is 21.2 Å². The van der Waals surface area contributed by atoms with Crippen LogP contribution in [0.4, 0.5) is 18.9 Å². The van der Waals surface area contributed by atoms with E-state index in [4.69, 9.17) is 4.99 Å². The number of carbonyl (C=O) groups is 1. The fourth-order valence-corrected chi connectivity index (χ4v) is 4.64. The molecule has 3 aromatic carbocycles. The van der Waals surface area contributed by atoms with Gasteiger partial charge in [0.05, 0.1) is 23.9 Å². The van der Waals surface area contributed by atoms with Gasteiger partial charge >= 0.3 is 6.18 Å². The number of nitrogens with zero attached hydrogens (tertiary/aromatic N) is 2. The first-order valence-electron chi connectivity index (χ1n) is 10.7. The van der Waals surface area contributed by atoms with E-state index in [1.54, 1.807) is 0 Å². The molecule has 4 nitrogen and oxygen atoms in total. The van der Waals surface area contributed by atoms with E-state index in [-0.39, 0.29) is 11.6 Å². The number of benzene rings is 3. The van der Waals surface area contributed by atoms with Crippen LogP contribution in [0.1, 0.15) is 22.7 Å². The van der Waals surface area contributed by atoms with Crippen molar-refractivity contribution >= 4 is 33.2 Å². The molecule has 0 radical (unpaired) electrons. The molecule has 0 bridgehead atoms. The lowest BCUT2D eigenvalue weighted by Gasteiger charge is -2.29. The van der Waals surface area contributed by atoms with E-state index in [0.29, 0.717) is 30.1 Å². The minimum atomic E-state index is -4.52. The Morgan fingerprint density at radius 3 is 2.41 bits per heavy atom. The minimum Gasteiger partial charge on any atom is -0.378 e. The highest BCUT2D eigenvalue weighted by atomic mass is 79.9. The number of carbonyl (C=O) groups excluding carboxylic acids is 1. The predicted octanol–water partition coefficient (Wildman–Crippen LogP) is 5.90. The number of alkyl halides is 3. The van der Waals surface area contributed by atoms with E-state index in [0.717, 1.165) is 27.7 Å². The first-order chi connectivity index (χ1) is 16.3. The van der Waals surface area contributed by atoms with Crippen molar-refractivity contribution in [1.29, 1.82) is 0 Å². The van der Waals surface area contributed by atoms with Crippen LogP contribution in [0, 0.1) is 0 Å². The van der Waals surface area contributed by atoms with Crippen LogP contribution in [0.25, 0.3) is 0 Å². The molecule has 8 heteroatoms. The zero-order valence-corrected chi connectivity index (χ0v) is 19.4. The maximum absolute atomic E-state index is 13.7. The smallest absolute Gasteiger partial charge is 0.378 e. The standard InChI is InChI=1S/C26H19BrF3N3O/c27-19-11-9-17(10-12-19)24-21-22(16-5-2-1-3-6-16)31-13-14-32-23(21)25(34)33(24)20-8-4-7-18(15-20)26(28,29)30/h1-12,15,24,32H,13-14H2/t24-/m0/s1. The summed E-state index contributed by atoms with van der Waals surface area (Å²) in [5.41, 5.74) is 2.68. The quantitative estimate of drug-likeness (QED) is 0.462. The van der Waals surface area contributed by atoms with Crippen LogP contribution < -0.4 is 10.2 Å². The summed E-state index contributed by atoms with van der Waals surface area (Å²) in [6, 6.07) is 21.2. The molecule has 2 aliphatic heterocycles. The lowest BCUT2D eigenvalue weighted by atomic mass is 9.91. The summed E-state index contributed by atoms with van der Waals surface area (Å²) in [5.74, 6) is -0.382. The van der Waals surface area contributed by atoms with Gasteiger partial charge in [0.1, 0.15) is 5.70 Å². The highest BCUT2D eigenvalue weighted by molar-refractivity contribution is 9.10. The van der Waals surface area contributed by atoms with Crippen molar-refractivity contribution in [1.82, 2.24) is 5.32 Å². The lowest BCUT2D eigenvalue weighted by Crippen LogP contribution is -2.34. The molecule has 5 rings (SSSR count). The van der Waals surface area contributed by atoms with Gasteiger partial charge in [0.25, 0.3) is 5.91 Å². The Morgan fingerprint density at radius 2 is 1.71 bits per heavy atom. The third-order valence-electron chi connectivity index (χ3n) is 5.86. The Bertz CT molecular complexity index is 1300. The fourth-order valence-electron chi connectivity index (χ4n) is 4.37. The Balaban J connectivity index is 1.72. The van der Waals surface area contributed by atoms with Gasteiger partial charge in [-0.15, -0.1) is 0 Å². The molecular formula is C26H19BrF3N3O. The molecule has 0 saturated carbocycles. The Kier molecular flexibility index (Phi) is 5.77. The van der Waals surface area contributed by atoms with Crippen LogP contribution in [0.2, 0.25) is 0 Å². The van der Waals surface area contributed by atoms with Gasteiger partial charge in [0.2, 0.25) is 0 Å². The summed E-state index contributed by atoms with van der Waals surface area (Å²) >= 11 is 3.43. The summed E-state index contributed by atoms with van der Waals surface area (Å²) < 4.78 is 41.4. The zero-order chi connectivity index (χ0) is 23.9. The molecule has 2 heterocycles. The highest BCUT2D eigenvalue weighted by Gasteiger charge is 2.44. The Labute approximate surface area is 202 Å². The number of hydrogen-bond donors (Lipinski definition) is 1. The van der Waals surface area contributed by atoms with Crippen molar-refractivity contribution in [2.45, 2.75) is 12.2 Å². The largest absolute Gasteiger partial charge is 0.416 e. The third kappa shape index (κ3) is 4.03. The van der Waals surface area contributed by atoms with Crippen molar-refractivity contribution in [3.8, 4) is 0 Å². The fraction of sp³-hybridized carbons (Fsp3) is 0.154. The van der Waals surface area contributed by atoms with Crippen LogP contribution in [-0.2, 0) is 11.0 Å². The normalized spacial score (nSPS) is 18.4. The first kappa shape index (κ1) is 22.4. The average molecular weight is 526 g/mol. The van der Waals surface area contributed by atoms with Gasteiger partial charge in [-0.25, -0.2) is 0 Å². The monoisotopic (exact) mass is 525 g/mol. The molecular weight excluding hydrogens is 507 g/mol. The van der Waals surface area contributed by atoms with Crippen molar-refractivity contribution in [2.24, 2.45) is 4.99 Å². The molecule has 1 atom stereocenters. The number of rotatable bonds is 3. The van der Waals surface area contributed by atoms with E-state index in [9.17, 15) is 18.0 Å². The summed E-state index contributed by atoms with van der Waals surface area (Å²) in [4.78, 5) is 19.9. The number of amides is 1. The molecule has 0 saturated heterocycles. The SMILES string of the molecule is O=C1C2=C(C(c3ccccc3)=NCCN2)[C@H](c2ccc(Br)cc2)N1c1cccc(C(F)(F)F)c1. The van der Waals surface area contributed by atoms with Crippen molar-refractivity contribution < 1.29 is 18.0 Å². The maximum Gasteiger partial charge on any atom is 0.416 e.